The third kappa shape index (κ3) is 4.01. The molecule has 3 aliphatic carbocycles. The Kier molecular flexibility index (Phi) is 6.53. The molecule has 204 valence electrons. The minimum absolute atomic E-state index is 0.000932. The number of hydrogen-bond acceptors (Lipinski definition) is 10. The number of aliphatic hydroxyl groups is 3. The highest BCUT2D eigenvalue weighted by Crippen LogP contribution is 2.52. The van der Waals surface area contributed by atoms with E-state index in [0.29, 0.717) is 18.7 Å². The van der Waals surface area contributed by atoms with E-state index in [1.54, 1.807) is 32.6 Å². The molecule has 5 rings (SSSR count). The van der Waals surface area contributed by atoms with E-state index in [1.807, 2.05) is 12.1 Å². The Bertz CT molecular complexity index is 1450. The number of primary amides is 1. The van der Waals surface area contributed by atoms with Gasteiger partial charge in [-0.15, -0.1) is 0 Å². The highest BCUT2D eigenvalue weighted by Gasteiger charge is 2.63. The number of nitrogens with two attached hydrogens (primary N) is 1. The summed E-state index contributed by atoms with van der Waals surface area (Å²) >= 11 is 0. The number of likely N-dealkylation sites (N-methyl/N-ethyl adjacent to an activating group) is 1. The molecule has 0 radical (unpaired) electrons. The molecule has 0 saturated heterocycles. The van der Waals surface area contributed by atoms with Gasteiger partial charge < -0.3 is 31.5 Å². The fourth-order valence-corrected chi connectivity index (χ4v) is 6.32. The van der Waals surface area contributed by atoms with E-state index in [4.69, 9.17) is 5.73 Å². The maximum atomic E-state index is 13.8. The standard InChI is InChI=1S/C28H30N4O7/c1-32(2)22-17-10-15-9-16-14(12-31-11-13-5-7-30-8-6-13)3-4-18(33)20(16)23(34)19(15)25(36)28(17,39)26(37)21(24(22)35)27(29)38/h3-8,15,17,22,31,33,35-36,39H,9-12H2,1-2H3,(H2,29,38)/t15-,17-,22-,28-/m0/s1. The summed E-state index contributed by atoms with van der Waals surface area (Å²) in [5, 5.41) is 47.9. The molecule has 7 N–H and O–H groups in total. The zero-order chi connectivity index (χ0) is 28.2. The molecule has 0 aliphatic heterocycles. The summed E-state index contributed by atoms with van der Waals surface area (Å²) in [4.78, 5) is 44.7. The van der Waals surface area contributed by atoms with Crippen LogP contribution in [0.25, 0.3) is 0 Å². The first kappa shape index (κ1) is 26.5. The Hall–Kier alpha value is -4.06. The number of benzene rings is 1. The monoisotopic (exact) mass is 534 g/mol. The van der Waals surface area contributed by atoms with Crippen LogP contribution in [0.1, 0.15) is 33.5 Å². The van der Waals surface area contributed by atoms with Crippen LogP contribution < -0.4 is 11.1 Å². The number of carbonyl (C=O) groups is 3. The number of allylic oxidation sites excluding steroid dienone is 1. The van der Waals surface area contributed by atoms with Crippen LogP contribution in [0.15, 0.2) is 59.3 Å². The zero-order valence-corrected chi connectivity index (χ0v) is 21.5. The van der Waals surface area contributed by atoms with Crippen LogP contribution in [0.2, 0.25) is 0 Å². The lowest BCUT2D eigenvalue weighted by molar-refractivity contribution is -0.148. The molecule has 0 unspecified atom stereocenters. The normalized spacial score (nSPS) is 26.4. The van der Waals surface area contributed by atoms with Gasteiger partial charge in [0.1, 0.15) is 22.8 Å². The molecule has 11 heteroatoms. The molecule has 1 amide bonds. The second kappa shape index (κ2) is 9.60. The molecular formula is C28H30N4O7. The van der Waals surface area contributed by atoms with Gasteiger partial charge in [0, 0.05) is 37.0 Å². The van der Waals surface area contributed by atoms with E-state index >= 15 is 0 Å². The van der Waals surface area contributed by atoms with Gasteiger partial charge in [-0.05, 0) is 67.7 Å². The van der Waals surface area contributed by atoms with Gasteiger partial charge in [0.15, 0.2) is 11.4 Å². The van der Waals surface area contributed by atoms with Crippen molar-refractivity contribution in [1.29, 1.82) is 0 Å². The molecule has 1 heterocycles. The fourth-order valence-electron chi connectivity index (χ4n) is 6.32. The predicted molar refractivity (Wildman–Crippen MR) is 138 cm³/mol. The molecule has 3 aliphatic rings. The van der Waals surface area contributed by atoms with Crippen molar-refractivity contribution in [2.75, 3.05) is 14.1 Å². The number of aliphatic hydroxyl groups excluding tert-OH is 2. The number of fused-ring (bicyclic) bond motifs is 3. The summed E-state index contributed by atoms with van der Waals surface area (Å²) in [7, 11) is 3.19. The van der Waals surface area contributed by atoms with Crippen LogP contribution in [-0.2, 0) is 29.1 Å². The molecule has 39 heavy (non-hydrogen) atoms. The van der Waals surface area contributed by atoms with Crippen molar-refractivity contribution in [2.24, 2.45) is 17.6 Å². The molecule has 0 fully saturated rings. The van der Waals surface area contributed by atoms with Gasteiger partial charge in [0.25, 0.3) is 5.91 Å². The maximum absolute atomic E-state index is 13.8. The SMILES string of the molecule is CN(C)[C@@H]1C(O)=C(C(N)=O)C(=O)[C@@]2(O)C(O)=C3C(=O)c4c(O)ccc(CNCc5ccncc5)c4C[C@H]3C[C@@H]12. The average molecular weight is 535 g/mol. The number of hydrogen-bond donors (Lipinski definition) is 6. The Balaban J connectivity index is 1.57. The van der Waals surface area contributed by atoms with Crippen molar-refractivity contribution in [3.05, 3.63) is 81.6 Å². The first-order valence-electron chi connectivity index (χ1n) is 12.6. The van der Waals surface area contributed by atoms with E-state index in [0.717, 1.165) is 11.1 Å². The first-order chi connectivity index (χ1) is 18.5. The zero-order valence-electron chi connectivity index (χ0n) is 21.5. The largest absolute Gasteiger partial charge is 0.510 e. The highest BCUT2D eigenvalue weighted by molar-refractivity contribution is 6.24. The van der Waals surface area contributed by atoms with E-state index in [1.165, 1.54) is 11.0 Å². The van der Waals surface area contributed by atoms with Crippen LogP contribution in [0.3, 0.4) is 0 Å². The van der Waals surface area contributed by atoms with Crippen LogP contribution in [0.4, 0.5) is 0 Å². The first-order valence-corrected chi connectivity index (χ1v) is 12.6. The minimum atomic E-state index is -2.65. The molecule has 11 nitrogen and oxygen atoms in total. The van der Waals surface area contributed by atoms with Crippen molar-refractivity contribution in [3.63, 3.8) is 0 Å². The average Bonchev–Trinajstić information content (AvgIpc) is 2.87. The van der Waals surface area contributed by atoms with Crippen molar-refractivity contribution >= 4 is 17.5 Å². The number of Topliss-reactive ketones (excluding diaryl/α,β-unsaturated/α-hetero) is 2. The number of ketones is 2. The Labute approximate surface area is 224 Å². The third-order valence-corrected chi connectivity index (χ3v) is 8.10. The number of phenolic OH excluding ortho intramolecular Hbond substituents is 1. The van der Waals surface area contributed by atoms with Gasteiger partial charge in [-0.2, -0.15) is 0 Å². The topological polar surface area (TPSA) is 186 Å². The number of phenols is 1. The summed E-state index contributed by atoms with van der Waals surface area (Å²) in [6.45, 7) is 0.949. The van der Waals surface area contributed by atoms with Gasteiger partial charge in [-0.3, -0.25) is 24.3 Å². The minimum Gasteiger partial charge on any atom is -0.510 e. The molecule has 0 saturated carbocycles. The summed E-state index contributed by atoms with van der Waals surface area (Å²) < 4.78 is 0. The summed E-state index contributed by atoms with van der Waals surface area (Å²) in [6, 6.07) is 5.87. The van der Waals surface area contributed by atoms with Crippen molar-refractivity contribution in [2.45, 2.75) is 37.6 Å². The molecule has 2 aromatic rings. The molecular weight excluding hydrogens is 504 g/mol. The predicted octanol–water partition coefficient (Wildman–Crippen LogP) is 0.805. The highest BCUT2D eigenvalue weighted by atomic mass is 16.3. The fraction of sp³-hybridized carbons (Fsp3) is 0.357. The van der Waals surface area contributed by atoms with Gasteiger partial charge in [-0.25, -0.2) is 0 Å². The Morgan fingerprint density at radius 3 is 2.46 bits per heavy atom. The molecule has 1 aromatic carbocycles. The number of amides is 1. The van der Waals surface area contributed by atoms with E-state index in [2.05, 4.69) is 10.3 Å². The lowest BCUT2D eigenvalue weighted by atomic mass is 9.58. The van der Waals surface area contributed by atoms with Crippen molar-refractivity contribution in [1.82, 2.24) is 15.2 Å². The van der Waals surface area contributed by atoms with Crippen LogP contribution in [0, 0.1) is 11.8 Å². The lowest BCUT2D eigenvalue weighted by Crippen LogP contribution is -2.63. The third-order valence-electron chi connectivity index (χ3n) is 8.10. The van der Waals surface area contributed by atoms with Crippen molar-refractivity contribution < 1.29 is 34.8 Å². The number of aromatic hydroxyl groups is 1. The van der Waals surface area contributed by atoms with Gasteiger partial charge in [-0.1, -0.05) is 6.07 Å². The number of nitrogens with one attached hydrogen (secondary N) is 1. The van der Waals surface area contributed by atoms with Crippen molar-refractivity contribution in [3.8, 4) is 5.75 Å². The number of nitrogens with zero attached hydrogens (tertiary/aromatic N) is 2. The molecule has 4 atom stereocenters. The van der Waals surface area contributed by atoms with Gasteiger partial charge in [0.2, 0.25) is 5.78 Å². The quantitative estimate of drug-likeness (QED) is 0.290. The Morgan fingerprint density at radius 2 is 1.82 bits per heavy atom. The van der Waals surface area contributed by atoms with Gasteiger partial charge >= 0.3 is 0 Å². The van der Waals surface area contributed by atoms with Crippen LogP contribution in [0.5, 0.6) is 5.75 Å². The van der Waals surface area contributed by atoms with Gasteiger partial charge in [0.05, 0.1) is 11.6 Å². The smallest absolute Gasteiger partial charge is 0.255 e. The van der Waals surface area contributed by atoms with E-state index in [-0.39, 0.29) is 29.7 Å². The molecule has 1 aromatic heterocycles. The van der Waals surface area contributed by atoms with Crippen LogP contribution in [-0.4, -0.2) is 73.5 Å². The van der Waals surface area contributed by atoms with E-state index < -0.39 is 58.0 Å². The maximum Gasteiger partial charge on any atom is 0.255 e. The number of aromatic nitrogens is 1. The number of rotatable bonds is 6. The van der Waals surface area contributed by atoms with Crippen LogP contribution >= 0.6 is 0 Å². The Morgan fingerprint density at radius 1 is 1.13 bits per heavy atom. The second-order valence-corrected chi connectivity index (χ2v) is 10.5. The summed E-state index contributed by atoms with van der Waals surface area (Å²) in [6.07, 6.45) is 3.68. The molecule has 0 spiro atoms. The molecule has 0 bridgehead atoms. The van der Waals surface area contributed by atoms with E-state index in [9.17, 15) is 34.8 Å². The number of pyridine rings is 1. The lowest BCUT2D eigenvalue weighted by Gasteiger charge is -2.50. The second-order valence-electron chi connectivity index (χ2n) is 10.5. The number of carbonyl (C=O) groups excluding carboxylic acids is 3. The summed E-state index contributed by atoms with van der Waals surface area (Å²) in [5.74, 6) is -6.63. The summed E-state index contributed by atoms with van der Waals surface area (Å²) in [5.41, 5.74) is 4.12.